The van der Waals surface area contributed by atoms with Gasteiger partial charge in [-0.15, -0.1) is 0 Å². The van der Waals surface area contributed by atoms with Gasteiger partial charge in [0.15, 0.2) is 0 Å². The lowest BCUT2D eigenvalue weighted by molar-refractivity contribution is 0.0587. The molecule has 3 nitrogen and oxygen atoms in total. The second-order valence-electron chi connectivity index (χ2n) is 4.28. The van der Waals surface area contributed by atoms with Crippen molar-refractivity contribution < 1.29 is 18.7 Å². The van der Waals surface area contributed by atoms with Gasteiger partial charge in [-0.05, 0) is 37.8 Å². The van der Waals surface area contributed by atoms with Crippen molar-refractivity contribution in [3.8, 4) is 5.75 Å². The highest BCUT2D eigenvalue weighted by Crippen LogP contribution is 2.31. The van der Waals surface area contributed by atoms with Crippen LogP contribution in [0.3, 0.4) is 0 Å². The molecule has 0 aromatic heterocycles. The summed E-state index contributed by atoms with van der Waals surface area (Å²) in [6.07, 6.45) is 4.15. The molecule has 98 valence electrons. The molecule has 18 heavy (non-hydrogen) atoms. The Kier molecular flexibility index (Phi) is 4.22. The molecule has 1 aliphatic rings. The van der Waals surface area contributed by atoms with E-state index >= 15 is 0 Å². The van der Waals surface area contributed by atoms with Crippen molar-refractivity contribution in [2.45, 2.75) is 31.8 Å². The topological polar surface area (TPSA) is 35.5 Å². The number of halogens is 2. The van der Waals surface area contributed by atoms with Gasteiger partial charge in [0.25, 0.3) is 0 Å². The Labute approximate surface area is 113 Å². The number of carbonyl (C=O) groups excluding carboxylic acids is 1. The van der Waals surface area contributed by atoms with Crippen molar-refractivity contribution in [3.63, 3.8) is 0 Å². The number of esters is 1. The maximum atomic E-state index is 13.8. The largest absolute Gasteiger partial charge is 0.489 e. The van der Waals surface area contributed by atoms with Gasteiger partial charge in [-0.3, -0.25) is 0 Å². The van der Waals surface area contributed by atoms with Crippen LogP contribution in [0.15, 0.2) is 16.6 Å². The van der Waals surface area contributed by atoms with Gasteiger partial charge in [0.1, 0.15) is 17.1 Å². The molecule has 0 aliphatic heterocycles. The standard InChI is InChI=1S/C13H14BrFO3/c1-17-13(16)12-10(15)6-8(14)7-11(12)18-9-4-2-3-5-9/h6-7,9H,2-5H2,1H3. The average molecular weight is 317 g/mol. The SMILES string of the molecule is COC(=O)c1c(F)cc(Br)cc1OC1CCCC1. The fourth-order valence-electron chi connectivity index (χ4n) is 2.13. The van der Waals surface area contributed by atoms with Crippen LogP contribution < -0.4 is 4.74 Å². The number of benzene rings is 1. The molecule has 1 aliphatic carbocycles. The predicted octanol–water partition coefficient (Wildman–Crippen LogP) is 3.70. The van der Waals surface area contributed by atoms with Crippen LogP contribution in [-0.2, 0) is 4.74 Å². The van der Waals surface area contributed by atoms with E-state index < -0.39 is 11.8 Å². The summed E-state index contributed by atoms with van der Waals surface area (Å²) in [5.74, 6) is -1.10. The Balaban J connectivity index is 2.33. The fraction of sp³-hybridized carbons (Fsp3) is 0.462. The Morgan fingerprint density at radius 1 is 1.39 bits per heavy atom. The smallest absolute Gasteiger partial charge is 0.344 e. The molecule has 0 spiro atoms. The van der Waals surface area contributed by atoms with Gasteiger partial charge < -0.3 is 9.47 Å². The molecule has 1 aromatic carbocycles. The lowest BCUT2D eigenvalue weighted by Crippen LogP contribution is -2.15. The molecular weight excluding hydrogens is 303 g/mol. The Hall–Kier alpha value is -1.10. The van der Waals surface area contributed by atoms with E-state index in [4.69, 9.17) is 4.74 Å². The van der Waals surface area contributed by atoms with E-state index in [9.17, 15) is 9.18 Å². The van der Waals surface area contributed by atoms with E-state index in [-0.39, 0.29) is 17.4 Å². The summed E-state index contributed by atoms with van der Waals surface area (Å²) >= 11 is 3.20. The number of hydrogen-bond acceptors (Lipinski definition) is 3. The minimum Gasteiger partial charge on any atom is -0.489 e. The zero-order valence-corrected chi connectivity index (χ0v) is 11.6. The second-order valence-corrected chi connectivity index (χ2v) is 5.19. The molecular formula is C13H14BrFO3. The molecule has 5 heteroatoms. The Morgan fingerprint density at radius 2 is 2.06 bits per heavy atom. The first-order valence-corrected chi connectivity index (χ1v) is 6.65. The van der Waals surface area contributed by atoms with Gasteiger partial charge in [-0.1, -0.05) is 15.9 Å². The number of ether oxygens (including phenoxy) is 2. The van der Waals surface area contributed by atoms with Crippen LogP contribution in [0.25, 0.3) is 0 Å². The van der Waals surface area contributed by atoms with Crippen molar-refractivity contribution >= 4 is 21.9 Å². The van der Waals surface area contributed by atoms with Crippen molar-refractivity contribution in [2.75, 3.05) is 7.11 Å². The third-order valence-corrected chi connectivity index (χ3v) is 3.46. The summed E-state index contributed by atoms with van der Waals surface area (Å²) < 4.78 is 24.7. The number of carbonyl (C=O) groups is 1. The molecule has 0 bridgehead atoms. The van der Waals surface area contributed by atoms with Gasteiger partial charge >= 0.3 is 5.97 Å². The summed E-state index contributed by atoms with van der Waals surface area (Å²) in [5, 5.41) is 0. The lowest BCUT2D eigenvalue weighted by atomic mass is 10.2. The molecule has 1 aromatic rings. The van der Waals surface area contributed by atoms with E-state index in [0.717, 1.165) is 25.7 Å². The quantitative estimate of drug-likeness (QED) is 0.798. The summed E-state index contributed by atoms with van der Waals surface area (Å²) in [6.45, 7) is 0. The van der Waals surface area contributed by atoms with Crippen LogP contribution in [0, 0.1) is 5.82 Å². The van der Waals surface area contributed by atoms with E-state index in [1.54, 1.807) is 6.07 Å². The van der Waals surface area contributed by atoms with E-state index in [2.05, 4.69) is 20.7 Å². The highest BCUT2D eigenvalue weighted by molar-refractivity contribution is 9.10. The number of methoxy groups -OCH3 is 1. The summed E-state index contributed by atoms with van der Waals surface area (Å²) in [7, 11) is 1.23. The van der Waals surface area contributed by atoms with Gasteiger partial charge in [-0.2, -0.15) is 0 Å². The monoisotopic (exact) mass is 316 g/mol. The first-order valence-electron chi connectivity index (χ1n) is 5.86. The van der Waals surface area contributed by atoms with Crippen LogP contribution in [0.2, 0.25) is 0 Å². The van der Waals surface area contributed by atoms with Crippen LogP contribution in [0.5, 0.6) is 5.75 Å². The first-order chi connectivity index (χ1) is 8.61. The molecule has 0 atom stereocenters. The molecule has 0 unspecified atom stereocenters. The van der Waals surface area contributed by atoms with E-state index in [1.165, 1.54) is 13.2 Å². The van der Waals surface area contributed by atoms with Crippen LogP contribution in [-0.4, -0.2) is 19.2 Å². The Morgan fingerprint density at radius 3 is 2.67 bits per heavy atom. The highest BCUT2D eigenvalue weighted by atomic mass is 79.9. The van der Waals surface area contributed by atoms with Crippen molar-refractivity contribution in [3.05, 3.63) is 28.0 Å². The van der Waals surface area contributed by atoms with Crippen LogP contribution in [0.1, 0.15) is 36.0 Å². The van der Waals surface area contributed by atoms with Crippen molar-refractivity contribution in [1.29, 1.82) is 0 Å². The zero-order chi connectivity index (χ0) is 13.1. The molecule has 1 fully saturated rings. The molecule has 1 saturated carbocycles. The predicted molar refractivity (Wildman–Crippen MR) is 68.3 cm³/mol. The van der Waals surface area contributed by atoms with Crippen LogP contribution in [0.4, 0.5) is 4.39 Å². The van der Waals surface area contributed by atoms with Crippen molar-refractivity contribution in [1.82, 2.24) is 0 Å². The minimum atomic E-state index is -0.715. The van der Waals surface area contributed by atoms with Gasteiger partial charge in [0.05, 0.1) is 13.2 Å². The maximum absolute atomic E-state index is 13.8. The third kappa shape index (κ3) is 2.83. The van der Waals surface area contributed by atoms with Gasteiger partial charge in [-0.25, -0.2) is 9.18 Å². The minimum absolute atomic E-state index is 0.0575. The number of rotatable bonds is 3. The van der Waals surface area contributed by atoms with Crippen LogP contribution >= 0.6 is 15.9 Å². The molecule has 0 radical (unpaired) electrons. The fourth-order valence-corrected chi connectivity index (χ4v) is 2.54. The van der Waals surface area contributed by atoms with E-state index in [0.29, 0.717) is 4.47 Å². The molecule has 0 saturated heterocycles. The molecule has 0 amide bonds. The first kappa shape index (κ1) is 13.3. The highest BCUT2D eigenvalue weighted by Gasteiger charge is 2.24. The summed E-state index contributed by atoms with van der Waals surface area (Å²) in [6, 6.07) is 2.83. The molecule has 0 N–H and O–H groups in total. The molecule has 0 heterocycles. The normalized spacial score (nSPS) is 15.7. The van der Waals surface area contributed by atoms with Gasteiger partial charge in [0.2, 0.25) is 0 Å². The van der Waals surface area contributed by atoms with Gasteiger partial charge in [0, 0.05) is 4.47 Å². The Bertz CT molecular complexity index is 456. The third-order valence-electron chi connectivity index (χ3n) is 3.00. The number of hydrogen-bond donors (Lipinski definition) is 0. The summed E-state index contributed by atoms with van der Waals surface area (Å²) in [5.41, 5.74) is -0.132. The molecule has 2 rings (SSSR count). The average Bonchev–Trinajstić information content (AvgIpc) is 2.80. The second kappa shape index (κ2) is 5.69. The maximum Gasteiger partial charge on any atom is 0.344 e. The summed E-state index contributed by atoms with van der Waals surface area (Å²) in [4.78, 5) is 11.6. The van der Waals surface area contributed by atoms with Crippen molar-refractivity contribution in [2.24, 2.45) is 0 Å². The lowest BCUT2D eigenvalue weighted by Gasteiger charge is -2.16. The zero-order valence-electron chi connectivity index (χ0n) is 10.0. The van der Waals surface area contributed by atoms with E-state index in [1.807, 2.05) is 0 Å².